The highest BCUT2D eigenvalue weighted by molar-refractivity contribution is 0.837. The molecule has 0 aromatic heterocycles. The third-order valence-electron chi connectivity index (χ3n) is 0. The van der Waals surface area contributed by atoms with Gasteiger partial charge in [0.15, 0.2) is 0 Å². The van der Waals surface area contributed by atoms with E-state index in [-0.39, 0.29) is 76.7 Å². The minimum Gasteiger partial charge on any atom is -0.412 e. The second-order valence-corrected chi connectivity index (χ2v) is 0. The maximum Gasteiger partial charge on any atom is -0.412 e. The summed E-state index contributed by atoms with van der Waals surface area (Å²) in [5.41, 5.74) is 0. The van der Waals surface area contributed by atoms with E-state index in [1.807, 2.05) is 0 Å². The number of rotatable bonds is 0. The smallest absolute Gasteiger partial charge is 0.412 e. The van der Waals surface area contributed by atoms with Gasteiger partial charge < -0.3 is 76.7 Å². The Morgan fingerprint density at radius 3 is 0.0714 bits per heavy atom. The molecule has 28 N–H and O–H groups in total. The van der Waals surface area contributed by atoms with Crippen molar-refractivity contribution in [1.29, 1.82) is 0 Å². The zero-order chi connectivity index (χ0) is 0. The van der Waals surface area contributed by atoms with Crippen LogP contribution in [0.25, 0.3) is 0 Å². The summed E-state index contributed by atoms with van der Waals surface area (Å²) < 4.78 is 0. The van der Waals surface area contributed by atoms with Gasteiger partial charge in [0.1, 0.15) is 0 Å². The molecule has 0 bridgehead atoms. The van der Waals surface area contributed by atoms with Crippen LogP contribution in [0.1, 0.15) is 0 Å². The molecule has 0 aromatic carbocycles. The van der Waals surface area contributed by atoms with E-state index < -0.39 is 0 Å². The first-order valence-corrected chi connectivity index (χ1v) is 0. The number of hydrogen-bond donors (Lipinski definition) is 0. The van der Waals surface area contributed by atoms with Crippen LogP contribution in [0, 0.1) is 0 Å². The molecule has 112 valence electrons. The fraction of sp³-hybridized carbons (Fsp3) is 0. The van der Waals surface area contributed by atoms with Gasteiger partial charge in [0.05, 0.1) is 0 Å². The molecule has 14 heavy (non-hydrogen) atoms. The van der Waals surface area contributed by atoms with E-state index in [1.54, 1.807) is 0 Å². The topological polar surface area (TPSA) is 441 Å². The van der Waals surface area contributed by atoms with Crippen molar-refractivity contribution in [1.82, 2.24) is 0 Å². The van der Waals surface area contributed by atoms with Gasteiger partial charge in [-0.25, -0.2) is 0 Å². The van der Waals surface area contributed by atoms with E-state index in [0.29, 0.717) is 0 Å². The highest BCUT2D eigenvalue weighted by Crippen LogP contribution is -0.276. The first-order chi connectivity index (χ1) is 0. The fourth-order valence-electron chi connectivity index (χ4n) is 0. The largest absolute Gasteiger partial charge is 0.412 e. The van der Waals surface area contributed by atoms with Gasteiger partial charge >= 0.3 is 0 Å². The van der Waals surface area contributed by atoms with Crippen LogP contribution < -0.4 is 0 Å². The second-order valence-electron chi connectivity index (χ2n) is 0. The quantitative estimate of drug-likeness (QED) is 0.387. The molecule has 0 saturated carbocycles. The lowest BCUT2D eigenvalue weighted by Gasteiger charge is -0.413. The van der Waals surface area contributed by atoms with Crippen molar-refractivity contribution in [3.8, 4) is 0 Å². The molecule has 0 rings (SSSR count). The lowest BCUT2D eigenvalue weighted by molar-refractivity contribution is 0.823. The van der Waals surface area contributed by atoms with Gasteiger partial charge in [-0.2, -0.15) is 0 Å². The van der Waals surface area contributed by atoms with Crippen LogP contribution >= 0.6 is 0 Å². The lowest BCUT2D eigenvalue weighted by atomic mass is 16.0. The van der Waals surface area contributed by atoms with Gasteiger partial charge in [0.2, 0.25) is 0 Å². The fourth-order valence-corrected chi connectivity index (χ4v) is 0. The standard InChI is InChI=1S/14H2O/h14*1H2. The van der Waals surface area contributed by atoms with Gasteiger partial charge in [0.25, 0.3) is 0 Å². The van der Waals surface area contributed by atoms with E-state index in [9.17, 15) is 0 Å². The van der Waals surface area contributed by atoms with E-state index in [1.165, 1.54) is 0 Å². The summed E-state index contributed by atoms with van der Waals surface area (Å²) in [7, 11) is 0. The summed E-state index contributed by atoms with van der Waals surface area (Å²) in [6, 6.07) is 0. The van der Waals surface area contributed by atoms with Crippen LogP contribution in [-0.2, 0) is 0 Å². The zero-order valence-corrected chi connectivity index (χ0v) is 7.00. The highest BCUT2D eigenvalue weighted by Gasteiger charge is -0.399. The molecule has 0 fully saturated rings. The molecule has 0 unspecified atom stereocenters. The van der Waals surface area contributed by atoms with Gasteiger partial charge in [-0.15, -0.1) is 0 Å². The van der Waals surface area contributed by atoms with E-state index in [2.05, 4.69) is 0 Å². The predicted octanol–water partition coefficient (Wildman–Crippen LogP) is -11.5. The summed E-state index contributed by atoms with van der Waals surface area (Å²) in [6.07, 6.45) is 0. The van der Waals surface area contributed by atoms with Crippen LogP contribution in [0.3, 0.4) is 0 Å². The summed E-state index contributed by atoms with van der Waals surface area (Å²) in [6.45, 7) is 0. The van der Waals surface area contributed by atoms with Gasteiger partial charge in [0, 0.05) is 0 Å². The summed E-state index contributed by atoms with van der Waals surface area (Å²) >= 11 is 0. The molecule has 0 aliphatic rings. The molecule has 14 nitrogen and oxygen atoms in total. The number of hydrogen-bond acceptors (Lipinski definition) is 0. The summed E-state index contributed by atoms with van der Waals surface area (Å²) in [5, 5.41) is 0. The van der Waals surface area contributed by atoms with Gasteiger partial charge in [-0.05, 0) is 0 Å². The second kappa shape index (κ2) is 5190. The highest BCUT2D eigenvalue weighted by atomic mass is 16.0. The van der Waals surface area contributed by atoms with Crippen LogP contribution in [0.15, 0.2) is 0 Å². The Hall–Kier alpha value is -0.560. The van der Waals surface area contributed by atoms with Gasteiger partial charge in [-0.3, -0.25) is 0 Å². The normalized spacial score (nSPS) is 0. The van der Waals surface area contributed by atoms with Crippen LogP contribution in [0.2, 0.25) is 0 Å². The van der Waals surface area contributed by atoms with E-state index >= 15 is 0 Å². The van der Waals surface area contributed by atoms with Crippen molar-refractivity contribution < 1.29 is 76.7 Å². The molecular formula is H28O14. The molecule has 0 atom stereocenters. The monoisotopic (exact) mass is 252 g/mol. The van der Waals surface area contributed by atoms with Crippen molar-refractivity contribution in [2.75, 3.05) is 0 Å². The zero-order valence-electron chi connectivity index (χ0n) is 7.00. The molecule has 0 heterocycles. The average molecular weight is 252 g/mol. The molecule has 0 radical (unpaired) electrons. The van der Waals surface area contributed by atoms with Crippen molar-refractivity contribution in [2.45, 2.75) is 0 Å². The molecule has 0 saturated heterocycles. The molecule has 0 aliphatic heterocycles. The Bertz CT molecular complexity index is 0. The Labute approximate surface area is 78.1 Å². The first kappa shape index (κ1) is 6630. The Balaban J connectivity index is 0. The summed E-state index contributed by atoms with van der Waals surface area (Å²) in [4.78, 5) is 0. The maximum atomic E-state index is 0. The van der Waals surface area contributed by atoms with Crippen LogP contribution in [0.4, 0.5) is 0 Å². The van der Waals surface area contributed by atoms with Crippen molar-refractivity contribution in [2.24, 2.45) is 0 Å². The van der Waals surface area contributed by atoms with Crippen molar-refractivity contribution >= 4 is 0 Å². The SMILES string of the molecule is O.O.O.O.O.O.O.O.O.O.O.O.O.O. The Morgan fingerprint density at radius 1 is 0.0714 bits per heavy atom. The third kappa shape index (κ3) is 3980. The third-order valence-corrected chi connectivity index (χ3v) is 0. The molecule has 0 spiro atoms. The van der Waals surface area contributed by atoms with Crippen molar-refractivity contribution in [3.63, 3.8) is 0 Å². The first-order valence-electron chi connectivity index (χ1n) is 0. The summed E-state index contributed by atoms with van der Waals surface area (Å²) in [5.74, 6) is 0. The van der Waals surface area contributed by atoms with Gasteiger partial charge in [-0.1, -0.05) is 0 Å². The van der Waals surface area contributed by atoms with Crippen molar-refractivity contribution in [3.05, 3.63) is 0 Å². The maximum absolute atomic E-state index is 0. The average Bonchev–Trinajstić information content (AvgIpc) is 0. The molecule has 0 aliphatic carbocycles. The van der Waals surface area contributed by atoms with E-state index in [4.69, 9.17) is 0 Å². The molecular weight excluding hydrogens is 224 g/mol. The molecule has 0 aromatic rings. The van der Waals surface area contributed by atoms with E-state index in [0.717, 1.165) is 0 Å². The minimum absolute atomic E-state index is 0. The lowest BCUT2D eigenvalue weighted by Crippen LogP contribution is -0.290. The van der Waals surface area contributed by atoms with Crippen LogP contribution in [-0.4, -0.2) is 76.7 Å². The Kier molecular flexibility index (Phi) is 2460000. The minimum atomic E-state index is 0. The predicted molar refractivity (Wildman–Crippen MR) is 50.6 cm³/mol. The van der Waals surface area contributed by atoms with Crippen LogP contribution in [0.5, 0.6) is 0 Å². The Morgan fingerprint density at radius 2 is 0.0714 bits per heavy atom. The molecule has 0 amide bonds. The molecule has 14 heteroatoms.